The highest BCUT2D eigenvalue weighted by molar-refractivity contribution is 7.90. The second kappa shape index (κ2) is 5.98. The molecule has 0 saturated carbocycles. The number of sulfone groups is 1. The molecule has 1 heterocycles. The van der Waals surface area contributed by atoms with Gasteiger partial charge in [-0.2, -0.15) is 0 Å². The normalized spacial score (nSPS) is 11.1. The quantitative estimate of drug-likeness (QED) is 0.481. The average molecular weight is 310 g/mol. The number of ether oxygens (including phenoxy) is 1. The molecule has 0 spiro atoms. The highest BCUT2D eigenvalue weighted by Gasteiger charge is 2.14. The molecule has 1 aromatic heterocycles. The standard InChI is InChI=1S/C13H14N2O5S/c1-21(17,18)10-4-2-3-9(7-10)20-8-12-11(5-6-19-12)13(16)15-14/h2-7H,8,14H2,1H3,(H,15,16). The Morgan fingerprint density at radius 1 is 1.38 bits per heavy atom. The topological polar surface area (TPSA) is 112 Å². The molecule has 3 N–H and O–H groups in total. The van der Waals surface area contributed by atoms with E-state index in [1.54, 1.807) is 12.1 Å². The van der Waals surface area contributed by atoms with E-state index in [1.165, 1.54) is 24.5 Å². The summed E-state index contributed by atoms with van der Waals surface area (Å²) in [5.74, 6) is 5.21. The first-order valence-corrected chi connectivity index (χ1v) is 7.81. The monoisotopic (exact) mass is 310 g/mol. The van der Waals surface area contributed by atoms with Gasteiger partial charge in [0.15, 0.2) is 15.6 Å². The lowest BCUT2D eigenvalue weighted by atomic mass is 10.2. The predicted molar refractivity (Wildman–Crippen MR) is 74.2 cm³/mol. The van der Waals surface area contributed by atoms with E-state index in [9.17, 15) is 13.2 Å². The molecule has 0 fully saturated rings. The van der Waals surface area contributed by atoms with Crippen molar-refractivity contribution in [2.45, 2.75) is 11.5 Å². The van der Waals surface area contributed by atoms with Gasteiger partial charge in [0.2, 0.25) is 0 Å². The van der Waals surface area contributed by atoms with Gasteiger partial charge in [0, 0.05) is 6.26 Å². The molecule has 2 rings (SSSR count). The summed E-state index contributed by atoms with van der Waals surface area (Å²) in [6.45, 7) is -0.0248. The number of hydrogen-bond acceptors (Lipinski definition) is 6. The van der Waals surface area contributed by atoms with Gasteiger partial charge in [-0.3, -0.25) is 10.2 Å². The van der Waals surface area contributed by atoms with Crippen molar-refractivity contribution in [3.05, 3.63) is 47.9 Å². The molecule has 0 aliphatic heterocycles. The summed E-state index contributed by atoms with van der Waals surface area (Å²) in [6, 6.07) is 7.53. The van der Waals surface area contributed by atoms with Gasteiger partial charge >= 0.3 is 0 Å². The summed E-state index contributed by atoms with van der Waals surface area (Å²) in [6.07, 6.45) is 2.46. The third kappa shape index (κ3) is 3.61. The number of hydrogen-bond donors (Lipinski definition) is 2. The van der Waals surface area contributed by atoms with E-state index < -0.39 is 15.7 Å². The zero-order valence-electron chi connectivity index (χ0n) is 11.2. The molecule has 0 unspecified atom stereocenters. The van der Waals surface area contributed by atoms with Crippen molar-refractivity contribution in [1.82, 2.24) is 5.43 Å². The summed E-state index contributed by atoms with van der Waals surface area (Å²) in [5.41, 5.74) is 2.26. The van der Waals surface area contributed by atoms with Crippen molar-refractivity contribution in [2.75, 3.05) is 6.26 Å². The summed E-state index contributed by atoms with van der Waals surface area (Å²) in [5, 5.41) is 0. The van der Waals surface area contributed by atoms with Crippen LogP contribution < -0.4 is 16.0 Å². The molecule has 8 heteroatoms. The van der Waals surface area contributed by atoms with E-state index in [0.717, 1.165) is 6.26 Å². The van der Waals surface area contributed by atoms with Gasteiger partial charge in [0.1, 0.15) is 12.4 Å². The van der Waals surface area contributed by atoms with Crippen LogP contribution in [0.5, 0.6) is 5.75 Å². The van der Waals surface area contributed by atoms with Crippen LogP contribution in [-0.4, -0.2) is 20.6 Å². The maximum Gasteiger partial charge on any atom is 0.268 e. The van der Waals surface area contributed by atoms with E-state index in [-0.39, 0.29) is 17.1 Å². The molecular weight excluding hydrogens is 296 g/mol. The Labute approximate surface area is 121 Å². The van der Waals surface area contributed by atoms with Gasteiger partial charge in [-0.05, 0) is 24.3 Å². The Hall–Kier alpha value is -2.32. The van der Waals surface area contributed by atoms with Gasteiger partial charge in [0.05, 0.1) is 16.7 Å². The second-order valence-corrected chi connectivity index (χ2v) is 6.28. The molecule has 0 saturated heterocycles. The second-order valence-electron chi connectivity index (χ2n) is 4.27. The highest BCUT2D eigenvalue weighted by atomic mass is 32.2. The first kappa shape index (κ1) is 15.1. The summed E-state index contributed by atoms with van der Waals surface area (Å²) < 4.78 is 33.5. The predicted octanol–water partition coefficient (Wildman–Crippen LogP) is 0.866. The van der Waals surface area contributed by atoms with Crippen molar-refractivity contribution in [3.63, 3.8) is 0 Å². The smallest absolute Gasteiger partial charge is 0.268 e. The molecule has 0 radical (unpaired) electrons. The Bertz CT molecular complexity index is 751. The first-order valence-electron chi connectivity index (χ1n) is 5.92. The lowest BCUT2D eigenvalue weighted by molar-refractivity contribution is 0.0949. The van der Waals surface area contributed by atoms with Crippen LogP contribution in [0.2, 0.25) is 0 Å². The van der Waals surface area contributed by atoms with Crippen LogP contribution in [0.4, 0.5) is 0 Å². The van der Waals surface area contributed by atoms with Crippen LogP contribution in [0.1, 0.15) is 16.1 Å². The van der Waals surface area contributed by atoms with E-state index in [1.807, 2.05) is 5.43 Å². The Morgan fingerprint density at radius 3 is 2.81 bits per heavy atom. The Balaban J connectivity index is 2.14. The number of amides is 1. The molecule has 0 bridgehead atoms. The molecule has 112 valence electrons. The van der Waals surface area contributed by atoms with Crippen LogP contribution in [0.15, 0.2) is 45.9 Å². The zero-order valence-corrected chi connectivity index (χ0v) is 12.0. The number of nitrogens with two attached hydrogens (primary N) is 1. The van der Waals surface area contributed by atoms with Crippen molar-refractivity contribution < 1.29 is 22.4 Å². The van der Waals surface area contributed by atoms with Crippen molar-refractivity contribution in [2.24, 2.45) is 5.84 Å². The molecular formula is C13H14N2O5S. The van der Waals surface area contributed by atoms with Crippen LogP contribution in [0.3, 0.4) is 0 Å². The fourth-order valence-electron chi connectivity index (χ4n) is 1.68. The number of hydrazine groups is 1. The van der Waals surface area contributed by atoms with Gasteiger partial charge in [-0.15, -0.1) is 0 Å². The third-order valence-corrected chi connectivity index (χ3v) is 3.83. The minimum absolute atomic E-state index is 0.0248. The number of carbonyl (C=O) groups excluding carboxylic acids is 1. The lowest BCUT2D eigenvalue weighted by Crippen LogP contribution is -2.30. The van der Waals surface area contributed by atoms with Crippen LogP contribution in [0, 0.1) is 0 Å². The minimum Gasteiger partial charge on any atom is -0.486 e. The number of benzene rings is 1. The highest BCUT2D eigenvalue weighted by Crippen LogP contribution is 2.19. The summed E-state index contributed by atoms with van der Waals surface area (Å²) >= 11 is 0. The first-order chi connectivity index (χ1) is 9.91. The lowest BCUT2D eigenvalue weighted by Gasteiger charge is -2.07. The van der Waals surface area contributed by atoms with Gasteiger partial charge in [-0.25, -0.2) is 14.3 Å². The summed E-state index contributed by atoms with van der Waals surface area (Å²) in [7, 11) is -3.31. The van der Waals surface area contributed by atoms with Crippen LogP contribution in [0.25, 0.3) is 0 Å². The van der Waals surface area contributed by atoms with Gasteiger partial charge in [0.25, 0.3) is 5.91 Å². The number of furan rings is 1. The third-order valence-electron chi connectivity index (χ3n) is 2.72. The molecule has 7 nitrogen and oxygen atoms in total. The Morgan fingerprint density at radius 2 is 2.14 bits per heavy atom. The SMILES string of the molecule is CS(=O)(=O)c1cccc(OCc2occc2C(=O)NN)c1. The minimum atomic E-state index is -3.31. The molecule has 0 aliphatic rings. The number of nitrogen functional groups attached to an aromatic ring is 1. The van der Waals surface area contributed by atoms with Crippen molar-refractivity contribution >= 4 is 15.7 Å². The number of nitrogens with one attached hydrogen (secondary N) is 1. The molecule has 0 aliphatic carbocycles. The van der Waals surface area contributed by atoms with Crippen LogP contribution >= 0.6 is 0 Å². The fourth-order valence-corrected chi connectivity index (χ4v) is 2.33. The van der Waals surface area contributed by atoms with Crippen molar-refractivity contribution in [3.8, 4) is 5.75 Å². The maximum absolute atomic E-state index is 11.5. The van der Waals surface area contributed by atoms with Crippen molar-refractivity contribution in [1.29, 1.82) is 0 Å². The summed E-state index contributed by atoms with van der Waals surface area (Å²) in [4.78, 5) is 11.6. The fraction of sp³-hybridized carbons (Fsp3) is 0.154. The molecule has 21 heavy (non-hydrogen) atoms. The van der Waals surface area contributed by atoms with E-state index in [2.05, 4.69) is 0 Å². The van der Waals surface area contributed by atoms with Crippen LogP contribution in [-0.2, 0) is 16.4 Å². The average Bonchev–Trinajstić information content (AvgIpc) is 2.92. The maximum atomic E-state index is 11.5. The Kier molecular flexibility index (Phi) is 4.29. The van der Waals surface area contributed by atoms with Gasteiger partial charge in [-0.1, -0.05) is 6.07 Å². The molecule has 0 atom stereocenters. The van der Waals surface area contributed by atoms with Gasteiger partial charge < -0.3 is 9.15 Å². The molecule has 2 aromatic rings. The van der Waals surface area contributed by atoms with E-state index in [4.69, 9.17) is 15.0 Å². The number of rotatable bonds is 5. The van der Waals surface area contributed by atoms with E-state index in [0.29, 0.717) is 11.5 Å². The molecule has 1 amide bonds. The zero-order chi connectivity index (χ0) is 15.5. The van der Waals surface area contributed by atoms with E-state index >= 15 is 0 Å². The largest absolute Gasteiger partial charge is 0.486 e. The number of carbonyl (C=O) groups is 1. The molecule has 1 aromatic carbocycles.